The number of Topliss-reactive ketones (excluding diaryl/α,β-unsaturated/α-hetero) is 1. The molecule has 1 aliphatic heterocycles. The maximum atomic E-state index is 13.2. The molecule has 1 saturated heterocycles. The molecule has 1 fully saturated rings. The van der Waals surface area contributed by atoms with Gasteiger partial charge in [-0.25, -0.2) is 4.98 Å². The Balaban J connectivity index is 1.67. The number of aliphatic hydroxyl groups is 1. The number of carbonyl (C=O) groups is 2. The monoisotopic (exact) mass is 476 g/mol. The van der Waals surface area contributed by atoms with Crippen molar-refractivity contribution in [3.63, 3.8) is 0 Å². The third kappa shape index (κ3) is 3.60. The van der Waals surface area contributed by atoms with Crippen molar-refractivity contribution in [2.75, 3.05) is 18.6 Å². The van der Waals surface area contributed by atoms with E-state index in [1.54, 1.807) is 55.6 Å². The second kappa shape index (κ2) is 8.68. The molecule has 3 heterocycles. The maximum Gasteiger partial charge on any atom is 0.302 e. The molecule has 1 N–H and O–H groups in total. The number of thiazole rings is 1. The van der Waals surface area contributed by atoms with E-state index < -0.39 is 17.7 Å². The molecule has 4 aromatic rings. The number of rotatable bonds is 6. The minimum atomic E-state index is -0.979. The Morgan fingerprint density at radius 2 is 2.00 bits per heavy atom. The Hall–Kier alpha value is -4.11. The molecular formula is C25H20N2O6S. The largest absolute Gasteiger partial charge is 0.507 e. The van der Waals surface area contributed by atoms with Gasteiger partial charge in [0.05, 0.1) is 35.8 Å². The predicted molar refractivity (Wildman–Crippen MR) is 127 cm³/mol. The molecule has 2 aromatic heterocycles. The minimum Gasteiger partial charge on any atom is -0.507 e. The number of fused-ring (bicyclic) bond motifs is 1. The van der Waals surface area contributed by atoms with E-state index in [9.17, 15) is 14.7 Å². The summed E-state index contributed by atoms with van der Waals surface area (Å²) >= 11 is 1.25. The summed E-state index contributed by atoms with van der Waals surface area (Å²) in [6.45, 7) is 2.30. The van der Waals surface area contributed by atoms with Gasteiger partial charge in [-0.05, 0) is 49.4 Å². The van der Waals surface area contributed by atoms with Crippen LogP contribution in [0.4, 0.5) is 5.13 Å². The number of ketones is 1. The Morgan fingerprint density at radius 3 is 2.74 bits per heavy atom. The van der Waals surface area contributed by atoms with E-state index in [1.165, 1.54) is 22.5 Å². The fourth-order valence-corrected chi connectivity index (χ4v) is 4.94. The van der Waals surface area contributed by atoms with Crippen LogP contribution in [0.25, 0.3) is 16.0 Å². The molecule has 1 amide bonds. The van der Waals surface area contributed by atoms with Crippen molar-refractivity contribution >= 4 is 44.1 Å². The zero-order valence-corrected chi connectivity index (χ0v) is 19.2. The van der Waals surface area contributed by atoms with Crippen molar-refractivity contribution in [3.05, 3.63) is 77.8 Å². The second-order valence-corrected chi connectivity index (χ2v) is 8.48. The van der Waals surface area contributed by atoms with Gasteiger partial charge in [0.2, 0.25) is 0 Å². The lowest BCUT2D eigenvalue weighted by atomic mass is 9.99. The Kier molecular flexibility index (Phi) is 5.54. The van der Waals surface area contributed by atoms with E-state index >= 15 is 0 Å². The van der Waals surface area contributed by atoms with Crippen LogP contribution in [0, 0.1) is 0 Å². The first kappa shape index (κ1) is 21.7. The van der Waals surface area contributed by atoms with E-state index in [0.717, 1.165) is 4.70 Å². The number of aliphatic hydroxyl groups excluding tert-OH is 1. The van der Waals surface area contributed by atoms with Crippen LogP contribution in [0.5, 0.6) is 11.5 Å². The summed E-state index contributed by atoms with van der Waals surface area (Å²) in [6, 6.07) is 14.4. The number of benzene rings is 2. The van der Waals surface area contributed by atoms with Gasteiger partial charge in [0.1, 0.15) is 29.1 Å². The summed E-state index contributed by atoms with van der Waals surface area (Å²) in [6.07, 6.45) is 1.45. The van der Waals surface area contributed by atoms with Crippen molar-refractivity contribution in [3.8, 4) is 11.5 Å². The van der Waals surface area contributed by atoms with Crippen LogP contribution in [0.1, 0.15) is 24.3 Å². The fourth-order valence-electron chi connectivity index (χ4n) is 3.92. The topological polar surface area (TPSA) is 102 Å². The molecule has 1 atom stereocenters. The predicted octanol–water partition coefficient (Wildman–Crippen LogP) is 4.92. The van der Waals surface area contributed by atoms with Crippen molar-refractivity contribution < 1.29 is 28.6 Å². The number of hydrogen-bond donors (Lipinski definition) is 1. The molecule has 9 heteroatoms. The van der Waals surface area contributed by atoms with Crippen LogP contribution in [-0.4, -0.2) is 35.5 Å². The van der Waals surface area contributed by atoms with Crippen LogP contribution in [0.15, 0.2) is 70.9 Å². The second-order valence-electron chi connectivity index (χ2n) is 7.48. The Bertz CT molecular complexity index is 1420. The van der Waals surface area contributed by atoms with E-state index in [1.807, 2.05) is 13.0 Å². The molecule has 0 bridgehead atoms. The number of ether oxygens (including phenoxy) is 2. The number of methoxy groups -OCH3 is 1. The number of anilines is 1. The molecule has 0 spiro atoms. The standard InChI is InChI=1S/C25H20N2O6S/c1-3-32-16-7-4-6-14(12-16)22(28)20-21(18-8-5-11-33-18)27(24(30)23(20)29)25-26-17-10-9-15(31-2)13-19(17)34-25/h4-13,21,28H,3H2,1-2H3. The van der Waals surface area contributed by atoms with Crippen LogP contribution in [0.2, 0.25) is 0 Å². The molecule has 8 nitrogen and oxygen atoms in total. The fraction of sp³-hybridized carbons (Fsp3) is 0.160. The van der Waals surface area contributed by atoms with Gasteiger partial charge in [-0.15, -0.1) is 0 Å². The summed E-state index contributed by atoms with van der Waals surface area (Å²) in [5.41, 5.74) is 0.935. The molecule has 0 radical (unpaired) electrons. The van der Waals surface area contributed by atoms with Gasteiger partial charge in [-0.2, -0.15) is 0 Å². The van der Waals surface area contributed by atoms with Crippen molar-refractivity contribution in [2.45, 2.75) is 13.0 Å². The van der Waals surface area contributed by atoms with E-state index in [0.29, 0.717) is 40.1 Å². The zero-order chi connectivity index (χ0) is 23.8. The van der Waals surface area contributed by atoms with Gasteiger partial charge < -0.3 is 19.0 Å². The molecule has 34 heavy (non-hydrogen) atoms. The van der Waals surface area contributed by atoms with Crippen LogP contribution < -0.4 is 14.4 Å². The van der Waals surface area contributed by atoms with Gasteiger partial charge >= 0.3 is 5.91 Å². The average Bonchev–Trinajstić information content (AvgIpc) is 3.57. The van der Waals surface area contributed by atoms with E-state index in [-0.39, 0.29) is 11.3 Å². The van der Waals surface area contributed by atoms with Crippen molar-refractivity contribution in [1.82, 2.24) is 4.98 Å². The third-order valence-electron chi connectivity index (χ3n) is 5.47. The molecule has 0 saturated carbocycles. The Labute approximate surface area is 198 Å². The number of hydrogen-bond acceptors (Lipinski definition) is 8. The number of aromatic nitrogens is 1. The molecule has 2 aromatic carbocycles. The minimum absolute atomic E-state index is 0.0783. The third-order valence-corrected chi connectivity index (χ3v) is 6.48. The van der Waals surface area contributed by atoms with Crippen LogP contribution in [0.3, 0.4) is 0 Å². The molecule has 1 unspecified atom stereocenters. The molecular weight excluding hydrogens is 456 g/mol. The number of nitrogens with zero attached hydrogens (tertiary/aromatic N) is 2. The summed E-state index contributed by atoms with van der Waals surface area (Å²) in [7, 11) is 1.57. The zero-order valence-electron chi connectivity index (χ0n) is 18.3. The molecule has 1 aliphatic rings. The summed E-state index contributed by atoms with van der Waals surface area (Å²) in [5, 5.41) is 11.5. The van der Waals surface area contributed by atoms with Gasteiger partial charge in [0.25, 0.3) is 5.78 Å². The summed E-state index contributed by atoms with van der Waals surface area (Å²) in [5.74, 6) is -0.408. The normalized spacial score (nSPS) is 17.5. The van der Waals surface area contributed by atoms with Crippen molar-refractivity contribution in [1.29, 1.82) is 0 Å². The van der Waals surface area contributed by atoms with Gasteiger partial charge in [0.15, 0.2) is 5.13 Å². The first-order chi connectivity index (χ1) is 16.5. The number of amides is 1. The number of carbonyl (C=O) groups excluding carboxylic acids is 2. The van der Waals surface area contributed by atoms with Crippen molar-refractivity contribution in [2.24, 2.45) is 0 Å². The molecule has 172 valence electrons. The first-order valence-corrected chi connectivity index (χ1v) is 11.4. The van der Waals surface area contributed by atoms with Gasteiger partial charge in [-0.3, -0.25) is 14.5 Å². The first-order valence-electron chi connectivity index (χ1n) is 10.5. The van der Waals surface area contributed by atoms with Gasteiger partial charge in [0, 0.05) is 5.56 Å². The summed E-state index contributed by atoms with van der Waals surface area (Å²) < 4.78 is 17.2. The average molecular weight is 477 g/mol. The smallest absolute Gasteiger partial charge is 0.302 e. The van der Waals surface area contributed by atoms with Crippen LogP contribution >= 0.6 is 11.3 Å². The lowest BCUT2D eigenvalue weighted by molar-refractivity contribution is -0.132. The highest BCUT2D eigenvalue weighted by molar-refractivity contribution is 7.22. The quantitative estimate of drug-likeness (QED) is 0.239. The number of furan rings is 1. The Morgan fingerprint density at radius 1 is 1.15 bits per heavy atom. The highest BCUT2D eigenvalue weighted by Gasteiger charge is 2.49. The molecule has 0 aliphatic carbocycles. The van der Waals surface area contributed by atoms with E-state index in [4.69, 9.17) is 13.9 Å². The highest BCUT2D eigenvalue weighted by atomic mass is 32.1. The molecule has 5 rings (SSSR count). The summed E-state index contributed by atoms with van der Waals surface area (Å²) in [4.78, 5) is 32.3. The SMILES string of the molecule is CCOc1cccc(C(O)=C2C(=O)C(=O)N(c3nc4ccc(OC)cc4s3)C2c2ccco2)c1. The van der Waals surface area contributed by atoms with Gasteiger partial charge in [-0.1, -0.05) is 23.5 Å². The lowest BCUT2D eigenvalue weighted by Crippen LogP contribution is -2.29. The van der Waals surface area contributed by atoms with E-state index in [2.05, 4.69) is 4.98 Å². The highest BCUT2D eigenvalue weighted by Crippen LogP contribution is 2.44. The maximum absolute atomic E-state index is 13.2. The lowest BCUT2D eigenvalue weighted by Gasteiger charge is -2.20. The van der Waals surface area contributed by atoms with Crippen LogP contribution in [-0.2, 0) is 9.59 Å².